The molecule has 5 N–H and O–H groups in total. The zero-order valence-corrected chi connectivity index (χ0v) is 22.4. The van der Waals surface area contributed by atoms with Crippen LogP contribution in [0.3, 0.4) is 0 Å². The van der Waals surface area contributed by atoms with Gasteiger partial charge in [-0.05, 0) is 35.9 Å². The van der Waals surface area contributed by atoms with Crippen molar-refractivity contribution in [3.05, 3.63) is 93.0 Å². The predicted molar refractivity (Wildman–Crippen MR) is 151 cm³/mol. The smallest absolute Gasteiger partial charge is 0.303 e. The van der Waals surface area contributed by atoms with E-state index in [4.69, 9.17) is 46.3 Å². The van der Waals surface area contributed by atoms with E-state index in [2.05, 4.69) is 10.3 Å². The Hall–Kier alpha value is -4.12. The van der Waals surface area contributed by atoms with E-state index in [1.165, 1.54) is 24.3 Å². The summed E-state index contributed by atoms with van der Waals surface area (Å²) < 4.78 is 0. The van der Waals surface area contributed by atoms with Gasteiger partial charge in [-0.15, -0.1) is 0 Å². The van der Waals surface area contributed by atoms with Gasteiger partial charge in [0.25, 0.3) is 11.8 Å². The monoisotopic (exact) mass is 585 g/mol. The molecule has 2 amide bonds. The number of nitrogens with one attached hydrogen (secondary N) is 1. The molecule has 0 bridgehead atoms. The molecule has 0 unspecified atom stereocenters. The lowest BCUT2D eigenvalue weighted by atomic mass is 10.0. The van der Waals surface area contributed by atoms with Crippen LogP contribution in [0.1, 0.15) is 44.7 Å². The quantitative estimate of drug-likeness (QED) is 0.221. The number of benzene rings is 3. The Bertz CT molecular complexity index is 1500. The summed E-state index contributed by atoms with van der Waals surface area (Å²) >= 11 is 17.2. The number of phenols is 1. The lowest BCUT2D eigenvalue weighted by Gasteiger charge is -2.10. The second kappa shape index (κ2) is 13.1. The maximum atomic E-state index is 12.3. The molecule has 0 aliphatic carbocycles. The van der Waals surface area contributed by atoms with Gasteiger partial charge in [0.2, 0.25) is 0 Å². The molecule has 3 aromatic rings. The number of aromatic hydroxyl groups is 1. The summed E-state index contributed by atoms with van der Waals surface area (Å²) in [5.74, 6) is -2.54. The van der Waals surface area contributed by atoms with E-state index >= 15 is 0 Å². The van der Waals surface area contributed by atoms with Crippen molar-refractivity contribution < 1.29 is 29.4 Å². The Morgan fingerprint density at radius 2 is 1.62 bits per heavy atom. The number of nitrogens with zero attached hydrogens (tertiary/aromatic N) is 1. The van der Waals surface area contributed by atoms with Crippen LogP contribution in [-0.2, 0) is 16.1 Å². The number of aliphatic carboxylic acids is 1. The van der Waals surface area contributed by atoms with Gasteiger partial charge < -0.3 is 21.3 Å². The van der Waals surface area contributed by atoms with Crippen LogP contribution < -0.4 is 11.1 Å². The van der Waals surface area contributed by atoms with E-state index in [9.17, 15) is 24.3 Å². The average Bonchev–Trinajstić information content (AvgIpc) is 3.23. The fraction of sp³-hybridized carbons (Fsp3) is 0.111. The number of carboxylic acid groups (broad SMARTS) is 1. The number of ketones is 1. The van der Waals surface area contributed by atoms with Crippen LogP contribution >= 0.6 is 35.4 Å². The molecule has 12 heteroatoms. The number of carbonyl (C=O) groups excluding carboxylic acids is 3. The highest BCUT2D eigenvalue weighted by molar-refractivity contribution is 7.83. The number of hydrogen-bond donors (Lipinski definition) is 4. The molecular formula is C27H21Cl2N3O6S. The number of Topliss-reactive ketones (excluding diaryl/α,β-unsaturated/α-hetero) is 1. The number of carbonyl (C=O) groups is 4. The number of aliphatic imine (C=N–C) groups is 1. The van der Waals surface area contributed by atoms with Gasteiger partial charge >= 0.3 is 5.97 Å². The molecule has 0 fully saturated rings. The number of primary amides is 1. The first kappa shape index (κ1) is 29.4. The Morgan fingerprint density at radius 1 is 0.949 bits per heavy atom. The van der Waals surface area contributed by atoms with Gasteiger partial charge in [-0.1, -0.05) is 65.8 Å². The first-order valence-corrected chi connectivity index (χ1v) is 12.5. The van der Waals surface area contributed by atoms with Crippen LogP contribution in [0.25, 0.3) is 0 Å². The van der Waals surface area contributed by atoms with Crippen molar-refractivity contribution >= 4 is 75.3 Å². The van der Waals surface area contributed by atoms with Gasteiger partial charge in [-0.25, -0.2) is 4.99 Å². The standard InChI is InChI=1S/C18H15Cl2NO5.C9H6N2OS/c19-13-7-11(8-14(20)17(13)15(23)4-5-16(24)25)18(26)21-9-10-2-1-3-12(22)6-10;10-9(12)7-8(13)5-3-1-2-4-6(5)11-7/h1-3,6-8,22H,4-5,9H2,(H,21,26)(H,24,25);1-4H,(H2,10,12). The topological polar surface area (TPSA) is 159 Å². The van der Waals surface area contributed by atoms with E-state index < -0.39 is 23.6 Å². The van der Waals surface area contributed by atoms with Gasteiger partial charge in [0.05, 0.1) is 32.6 Å². The van der Waals surface area contributed by atoms with Crippen LogP contribution in [-0.4, -0.2) is 44.4 Å². The Morgan fingerprint density at radius 3 is 2.21 bits per heavy atom. The van der Waals surface area contributed by atoms with E-state index in [0.29, 0.717) is 10.4 Å². The number of phenolic OH excluding ortho intramolecular Hbond substituents is 1. The highest BCUT2D eigenvalue weighted by Crippen LogP contribution is 2.29. The summed E-state index contributed by atoms with van der Waals surface area (Å²) in [7, 11) is 0. The molecule has 0 atom stereocenters. The molecule has 0 aromatic heterocycles. The van der Waals surface area contributed by atoms with Gasteiger partial charge in [-0.2, -0.15) is 0 Å². The zero-order chi connectivity index (χ0) is 28.7. The van der Waals surface area contributed by atoms with Crippen molar-refractivity contribution in [1.29, 1.82) is 0 Å². The number of para-hydroxylation sites is 1. The maximum absolute atomic E-state index is 12.3. The van der Waals surface area contributed by atoms with Crippen LogP contribution in [0, 0.1) is 0 Å². The van der Waals surface area contributed by atoms with Crippen molar-refractivity contribution in [3.8, 4) is 5.75 Å². The second-order valence-electron chi connectivity index (χ2n) is 8.16. The number of halogens is 2. The molecular weight excluding hydrogens is 565 g/mol. The fourth-order valence-electron chi connectivity index (χ4n) is 3.50. The third kappa shape index (κ3) is 7.70. The lowest BCUT2D eigenvalue weighted by Crippen LogP contribution is -2.27. The summed E-state index contributed by atoms with van der Waals surface area (Å²) in [4.78, 5) is 50.2. The van der Waals surface area contributed by atoms with E-state index in [1.54, 1.807) is 18.2 Å². The third-order valence-electron chi connectivity index (χ3n) is 5.34. The zero-order valence-electron chi connectivity index (χ0n) is 20.1. The first-order chi connectivity index (χ1) is 18.5. The highest BCUT2D eigenvalue weighted by Gasteiger charge is 2.23. The van der Waals surface area contributed by atoms with Gasteiger partial charge in [0.1, 0.15) is 11.5 Å². The average molecular weight is 586 g/mol. The largest absolute Gasteiger partial charge is 0.508 e. The number of thiocarbonyl (C=S) groups is 1. The summed E-state index contributed by atoms with van der Waals surface area (Å²) in [5.41, 5.74) is 7.70. The van der Waals surface area contributed by atoms with Crippen LogP contribution in [0.4, 0.5) is 5.69 Å². The normalized spacial score (nSPS) is 11.5. The third-order valence-corrected chi connectivity index (χ3v) is 6.35. The number of carboxylic acids is 1. The molecule has 9 nitrogen and oxygen atoms in total. The SMILES string of the molecule is NC(=O)C1=Nc2ccccc2C1=S.O=C(O)CCC(=O)c1c(Cl)cc(C(=O)NCc2cccc(O)c2)cc1Cl. The number of hydrogen-bond acceptors (Lipinski definition) is 7. The molecule has 0 saturated carbocycles. The summed E-state index contributed by atoms with van der Waals surface area (Å²) in [6.45, 7) is 0.182. The van der Waals surface area contributed by atoms with Gasteiger partial charge in [0, 0.05) is 24.1 Å². The molecule has 1 aliphatic rings. The Kier molecular flexibility index (Phi) is 9.89. The second-order valence-corrected chi connectivity index (χ2v) is 9.38. The molecule has 0 saturated heterocycles. The molecule has 0 radical (unpaired) electrons. The molecule has 0 spiro atoms. The summed E-state index contributed by atoms with van der Waals surface area (Å²) in [5, 5.41) is 20.7. The molecule has 4 rings (SSSR count). The first-order valence-electron chi connectivity index (χ1n) is 11.3. The van der Waals surface area contributed by atoms with E-state index in [-0.39, 0.29) is 52.0 Å². The van der Waals surface area contributed by atoms with E-state index in [1.807, 2.05) is 18.2 Å². The predicted octanol–water partition coefficient (Wildman–Crippen LogP) is 4.65. The van der Waals surface area contributed by atoms with E-state index in [0.717, 1.165) is 11.3 Å². The number of amides is 2. The van der Waals surface area contributed by atoms with Crippen LogP contribution in [0.2, 0.25) is 10.0 Å². The molecule has 39 heavy (non-hydrogen) atoms. The highest BCUT2D eigenvalue weighted by atomic mass is 35.5. The van der Waals surface area contributed by atoms with Crippen molar-refractivity contribution in [1.82, 2.24) is 5.32 Å². The summed E-state index contributed by atoms with van der Waals surface area (Å²) in [6, 6.07) is 16.4. The van der Waals surface area contributed by atoms with Crippen molar-refractivity contribution in [2.45, 2.75) is 19.4 Å². The minimum atomic E-state index is -1.10. The van der Waals surface area contributed by atoms with Crippen molar-refractivity contribution in [3.63, 3.8) is 0 Å². The summed E-state index contributed by atoms with van der Waals surface area (Å²) in [6.07, 6.45) is -0.574. The number of rotatable bonds is 8. The molecule has 200 valence electrons. The molecule has 3 aromatic carbocycles. The maximum Gasteiger partial charge on any atom is 0.303 e. The fourth-order valence-corrected chi connectivity index (χ4v) is 4.51. The number of nitrogens with two attached hydrogens (primary N) is 1. The minimum absolute atomic E-state index is 0.000819. The molecule has 1 heterocycles. The Labute approximate surface area is 238 Å². The van der Waals surface area contributed by atoms with Gasteiger partial charge in [-0.3, -0.25) is 19.2 Å². The minimum Gasteiger partial charge on any atom is -0.508 e. The number of fused-ring (bicyclic) bond motifs is 1. The van der Waals surface area contributed by atoms with Crippen LogP contribution in [0.5, 0.6) is 5.75 Å². The Balaban J connectivity index is 0.000000268. The van der Waals surface area contributed by atoms with Crippen molar-refractivity contribution in [2.75, 3.05) is 0 Å². The van der Waals surface area contributed by atoms with Crippen LogP contribution in [0.15, 0.2) is 65.7 Å². The lowest BCUT2D eigenvalue weighted by molar-refractivity contribution is -0.137. The van der Waals surface area contributed by atoms with Gasteiger partial charge in [0.15, 0.2) is 5.78 Å². The van der Waals surface area contributed by atoms with Crippen molar-refractivity contribution in [2.24, 2.45) is 10.7 Å². The molecule has 1 aliphatic heterocycles.